The number of nitrogens with one attached hydrogen (secondary N) is 1. The third kappa shape index (κ3) is 2.05. The molecule has 6 heteroatoms. The molecule has 1 saturated heterocycles. The van der Waals surface area contributed by atoms with Crippen LogP contribution in [0.5, 0.6) is 0 Å². The lowest BCUT2D eigenvalue weighted by Crippen LogP contribution is -2.36. The summed E-state index contributed by atoms with van der Waals surface area (Å²) in [6.45, 7) is 3.37. The summed E-state index contributed by atoms with van der Waals surface area (Å²) in [6, 6.07) is 0. The minimum absolute atomic E-state index is 0.169. The quantitative estimate of drug-likeness (QED) is 0.843. The highest BCUT2D eigenvalue weighted by Gasteiger charge is 2.30. The van der Waals surface area contributed by atoms with Gasteiger partial charge in [0.05, 0.1) is 24.0 Å². The van der Waals surface area contributed by atoms with Crippen LogP contribution in [0, 0.1) is 0 Å². The summed E-state index contributed by atoms with van der Waals surface area (Å²) in [4.78, 5) is 11.6. The van der Waals surface area contributed by atoms with E-state index in [1.54, 1.807) is 13.2 Å². The number of ether oxygens (including phenoxy) is 1. The predicted octanol–water partition coefficient (Wildman–Crippen LogP) is 1.02. The maximum atomic E-state index is 11.6. The summed E-state index contributed by atoms with van der Waals surface area (Å²) in [5.74, 6) is 0. The molecule has 0 amide bonds. The molecule has 1 N–H and O–H groups in total. The van der Waals surface area contributed by atoms with Crippen LogP contribution in [-0.2, 0) is 11.8 Å². The Morgan fingerprint density at radius 2 is 2.44 bits per heavy atom. The van der Waals surface area contributed by atoms with Crippen LogP contribution in [0.2, 0.25) is 5.02 Å². The maximum absolute atomic E-state index is 11.6. The molecule has 0 aromatic carbocycles. The first-order chi connectivity index (χ1) is 7.52. The Morgan fingerprint density at radius 3 is 3.06 bits per heavy atom. The highest BCUT2D eigenvalue weighted by molar-refractivity contribution is 6.32. The molecule has 1 unspecified atom stereocenters. The van der Waals surface area contributed by atoms with Gasteiger partial charge in [-0.25, -0.2) is 4.68 Å². The maximum Gasteiger partial charge on any atom is 0.287 e. The molecule has 1 fully saturated rings. The standard InChI is InChI=1S/C10H14ClN3O2/c1-10(3-4-16-6-10)13-7-5-12-14(2)9(15)8(7)11/h5,13H,3-4,6H2,1-2H3. The number of hydrogen-bond donors (Lipinski definition) is 1. The van der Waals surface area contributed by atoms with E-state index in [1.165, 1.54) is 4.68 Å². The molecule has 0 saturated carbocycles. The highest BCUT2D eigenvalue weighted by atomic mass is 35.5. The predicted molar refractivity (Wildman–Crippen MR) is 62.0 cm³/mol. The van der Waals surface area contributed by atoms with Gasteiger partial charge in [-0.15, -0.1) is 0 Å². The van der Waals surface area contributed by atoms with Crippen LogP contribution in [0.1, 0.15) is 13.3 Å². The van der Waals surface area contributed by atoms with Gasteiger partial charge in [0.2, 0.25) is 0 Å². The molecule has 2 rings (SSSR count). The van der Waals surface area contributed by atoms with Crippen molar-refractivity contribution in [3.05, 3.63) is 21.6 Å². The summed E-state index contributed by atoms with van der Waals surface area (Å²) in [7, 11) is 1.57. The van der Waals surface area contributed by atoms with E-state index in [9.17, 15) is 4.79 Å². The first kappa shape index (κ1) is 11.4. The Bertz CT molecular complexity index is 452. The van der Waals surface area contributed by atoms with Crippen molar-refractivity contribution in [2.75, 3.05) is 18.5 Å². The number of halogens is 1. The van der Waals surface area contributed by atoms with Crippen molar-refractivity contribution in [2.45, 2.75) is 18.9 Å². The van der Waals surface area contributed by atoms with Gasteiger partial charge in [-0.2, -0.15) is 5.10 Å². The molecular formula is C10H14ClN3O2. The largest absolute Gasteiger partial charge is 0.379 e. The lowest BCUT2D eigenvalue weighted by molar-refractivity contribution is 0.185. The summed E-state index contributed by atoms with van der Waals surface area (Å²) in [6.07, 6.45) is 2.45. The van der Waals surface area contributed by atoms with Crippen LogP contribution in [0.15, 0.2) is 11.0 Å². The molecule has 2 heterocycles. The van der Waals surface area contributed by atoms with Gasteiger partial charge in [0.25, 0.3) is 5.56 Å². The molecule has 1 aliphatic heterocycles. The smallest absolute Gasteiger partial charge is 0.287 e. The first-order valence-corrected chi connectivity index (χ1v) is 5.47. The Balaban J connectivity index is 2.28. The van der Waals surface area contributed by atoms with E-state index in [2.05, 4.69) is 10.4 Å². The van der Waals surface area contributed by atoms with Crippen LogP contribution in [0.3, 0.4) is 0 Å². The normalized spacial score (nSPS) is 24.7. The molecule has 5 nitrogen and oxygen atoms in total. The molecular weight excluding hydrogens is 230 g/mol. The monoisotopic (exact) mass is 243 g/mol. The molecule has 1 atom stereocenters. The van der Waals surface area contributed by atoms with Crippen molar-refractivity contribution in [1.29, 1.82) is 0 Å². The van der Waals surface area contributed by atoms with Gasteiger partial charge in [-0.05, 0) is 13.3 Å². The average Bonchev–Trinajstić information content (AvgIpc) is 2.67. The molecule has 0 bridgehead atoms. The SMILES string of the molecule is Cn1ncc(NC2(C)CCOC2)c(Cl)c1=O. The molecule has 88 valence electrons. The molecule has 0 spiro atoms. The number of aryl methyl sites for hydroxylation is 1. The second-order valence-electron chi connectivity index (χ2n) is 4.29. The topological polar surface area (TPSA) is 56.1 Å². The Morgan fingerprint density at radius 1 is 1.69 bits per heavy atom. The van der Waals surface area contributed by atoms with E-state index in [4.69, 9.17) is 16.3 Å². The van der Waals surface area contributed by atoms with Crippen LogP contribution in [0.4, 0.5) is 5.69 Å². The number of nitrogens with zero attached hydrogens (tertiary/aromatic N) is 2. The van der Waals surface area contributed by atoms with E-state index in [-0.39, 0.29) is 16.1 Å². The summed E-state index contributed by atoms with van der Waals surface area (Å²) in [5.41, 5.74) is 0.101. The van der Waals surface area contributed by atoms with E-state index in [0.29, 0.717) is 12.3 Å². The van der Waals surface area contributed by atoms with Gasteiger partial charge in [-0.3, -0.25) is 4.79 Å². The van der Waals surface area contributed by atoms with E-state index < -0.39 is 0 Å². The van der Waals surface area contributed by atoms with Gasteiger partial charge in [-0.1, -0.05) is 11.6 Å². The van der Waals surface area contributed by atoms with Crippen LogP contribution in [0.25, 0.3) is 0 Å². The van der Waals surface area contributed by atoms with Gasteiger partial charge >= 0.3 is 0 Å². The summed E-state index contributed by atoms with van der Waals surface area (Å²) < 4.78 is 6.53. The molecule has 1 aromatic rings. The number of hydrogen-bond acceptors (Lipinski definition) is 4. The minimum Gasteiger partial charge on any atom is -0.379 e. The van der Waals surface area contributed by atoms with E-state index in [1.807, 2.05) is 6.92 Å². The summed E-state index contributed by atoms with van der Waals surface area (Å²) >= 11 is 5.96. The van der Waals surface area contributed by atoms with Crippen molar-refractivity contribution in [1.82, 2.24) is 9.78 Å². The number of anilines is 1. The average molecular weight is 244 g/mol. The Labute approximate surface area is 98.4 Å². The zero-order chi connectivity index (χ0) is 11.8. The third-order valence-corrected chi connectivity index (χ3v) is 3.10. The van der Waals surface area contributed by atoms with E-state index >= 15 is 0 Å². The zero-order valence-corrected chi connectivity index (χ0v) is 10.0. The lowest BCUT2D eigenvalue weighted by Gasteiger charge is -2.25. The van der Waals surface area contributed by atoms with Crippen molar-refractivity contribution in [3.63, 3.8) is 0 Å². The fourth-order valence-electron chi connectivity index (χ4n) is 1.69. The van der Waals surface area contributed by atoms with Crippen molar-refractivity contribution < 1.29 is 4.74 Å². The summed E-state index contributed by atoms with van der Waals surface area (Å²) in [5, 5.41) is 7.32. The van der Waals surface area contributed by atoms with Crippen molar-refractivity contribution in [3.8, 4) is 0 Å². The van der Waals surface area contributed by atoms with Crippen molar-refractivity contribution in [2.24, 2.45) is 7.05 Å². The van der Waals surface area contributed by atoms with Gasteiger partial charge in [0.1, 0.15) is 5.02 Å². The van der Waals surface area contributed by atoms with Crippen LogP contribution >= 0.6 is 11.6 Å². The molecule has 1 aromatic heterocycles. The number of rotatable bonds is 2. The lowest BCUT2D eigenvalue weighted by atomic mass is 10.0. The Hall–Kier alpha value is -1.07. The molecule has 0 aliphatic carbocycles. The third-order valence-electron chi connectivity index (χ3n) is 2.73. The van der Waals surface area contributed by atoms with Gasteiger partial charge in [0, 0.05) is 13.7 Å². The molecule has 1 aliphatic rings. The van der Waals surface area contributed by atoms with Gasteiger partial charge < -0.3 is 10.1 Å². The first-order valence-electron chi connectivity index (χ1n) is 5.10. The zero-order valence-electron chi connectivity index (χ0n) is 9.29. The molecule has 16 heavy (non-hydrogen) atoms. The Kier molecular flexibility index (Phi) is 2.90. The molecule has 0 radical (unpaired) electrons. The van der Waals surface area contributed by atoms with Gasteiger partial charge in [0.15, 0.2) is 0 Å². The minimum atomic E-state index is -0.297. The van der Waals surface area contributed by atoms with Crippen LogP contribution < -0.4 is 10.9 Å². The second-order valence-corrected chi connectivity index (χ2v) is 4.67. The fourth-order valence-corrected chi connectivity index (χ4v) is 1.91. The fraction of sp³-hybridized carbons (Fsp3) is 0.600. The van der Waals surface area contributed by atoms with E-state index in [0.717, 1.165) is 13.0 Å². The van der Waals surface area contributed by atoms with Crippen LogP contribution in [-0.4, -0.2) is 28.5 Å². The highest BCUT2D eigenvalue weighted by Crippen LogP contribution is 2.26. The van der Waals surface area contributed by atoms with Crippen molar-refractivity contribution >= 4 is 17.3 Å². The number of aromatic nitrogens is 2. The second kappa shape index (κ2) is 4.07.